The minimum Gasteiger partial charge on any atom is -0.379 e. The summed E-state index contributed by atoms with van der Waals surface area (Å²) in [4.78, 5) is 5.79. The summed E-state index contributed by atoms with van der Waals surface area (Å²) in [7, 11) is 0. The summed E-state index contributed by atoms with van der Waals surface area (Å²) in [6, 6.07) is 6.03. The van der Waals surface area contributed by atoms with Gasteiger partial charge in [0.1, 0.15) is 0 Å². The van der Waals surface area contributed by atoms with Gasteiger partial charge in [0, 0.05) is 35.2 Å². The Morgan fingerprint density at radius 3 is 2.95 bits per heavy atom. The highest BCUT2D eigenvalue weighted by Gasteiger charge is 2.10. The highest BCUT2D eigenvalue weighted by Crippen LogP contribution is 2.23. The molecule has 0 amide bonds. The Hall–Kier alpha value is -1.03. The fourth-order valence-corrected chi connectivity index (χ4v) is 2.85. The Morgan fingerprint density at radius 2 is 2.11 bits per heavy atom. The zero-order chi connectivity index (χ0) is 13.1. The van der Waals surface area contributed by atoms with Crippen LogP contribution in [-0.4, -0.2) is 42.7 Å². The molecular formula is C15H19ClN2O. The van der Waals surface area contributed by atoms with Gasteiger partial charge in [-0.15, -0.1) is 0 Å². The highest BCUT2D eigenvalue weighted by atomic mass is 35.5. The fourth-order valence-electron chi connectivity index (χ4n) is 2.68. The van der Waals surface area contributed by atoms with Gasteiger partial charge >= 0.3 is 0 Å². The molecule has 2 heterocycles. The SMILES string of the molecule is Clc1ccc2[nH]cc(CCCN3CCOCC3)c2c1. The van der Waals surface area contributed by atoms with Crippen molar-refractivity contribution in [2.24, 2.45) is 0 Å². The Kier molecular flexibility index (Phi) is 4.06. The van der Waals surface area contributed by atoms with Crippen LogP contribution in [0.15, 0.2) is 24.4 Å². The zero-order valence-corrected chi connectivity index (χ0v) is 11.7. The van der Waals surface area contributed by atoms with E-state index in [0.29, 0.717) is 0 Å². The lowest BCUT2D eigenvalue weighted by atomic mass is 10.1. The van der Waals surface area contributed by atoms with Crippen LogP contribution >= 0.6 is 11.6 Å². The number of ether oxygens (including phenoxy) is 1. The number of nitrogens with one attached hydrogen (secondary N) is 1. The molecule has 1 fully saturated rings. The summed E-state index contributed by atoms with van der Waals surface area (Å²) in [6.07, 6.45) is 4.39. The molecule has 0 bridgehead atoms. The van der Waals surface area contributed by atoms with E-state index in [2.05, 4.69) is 22.1 Å². The van der Waals surface area contributed by atoms with E-state index in [0.717, 1.165) is 44.3 Å². The fraction of sp³-hybridized carbons (Fsp3) is 0.467. The first-order valence-electron chi connectivity index (χ1n) is 6.88. The predicted octanol–water partition coefficient (Wildman–Crippen LogP) is 3.09. The van der Waals surface area contributed by atoms with Gasteiger partial charge in [0.2, 0.25) is 0 Å². The number of benzene rings is 1. The Bertz CT molecular complexity index is 546. The first-order valence-corrected chi connectivity index (χ1v) is 7.26. The van der Waals surface area contributed by atoms with Crippen molar-refractivity contribution in [2.75, 3.05) is 32.8 Å². The van der Waals surface area contributed by atoms with E-state index in [4.69, 9.17) is 16.3 Å². The molecule has 102 valence electrons. The van der Waals surface area contributed by atoms with Gasteiger partial charge in [0.15, 0.2) is 0 Å². The van der Waals surface area contributed by atoms with E-state index in [1.165, 1.54) is 22.9 Å². The maximum absolute atomic E-state index is 6.07. The van der Waals surface area contributed by atoms with Crippen molar-refractivity contribution in [3.8, 4) is 0 Å². The molecule has 0 radical (unpaired) electrons. The summed E-state index contributed by atoms with van der Waals surface area (Å²) < 4.78 is 5.36. The lowest BCUT2D eigenvalue weighted by Gasteiger charge is -2.26. The molecule has 1 aromatic heterocycles. The van der Waals surface area contributed by atoms with E-state index < -0.39 is 0 Å². The number of fused-ring (bicyclic) bond motifs is 1. The van der Waals surface area contributed by atoms with Crippen molar-refractivity contribution in [3.05, 3.63) is 35.0 Å². The third kappa shape index (κ3) is 3.11. The Labute approximate surface area is 118 Å². The molecule has 4 heteroatoms. The molecule has 1 N–H and O–H groups in total. The predicted molar refractivity (Wildman–Crippen MR) is 78.9 cm³/mol. The molecule has 0 aliphatic carbocycles. The number of aromatic nitrogens is 1. The third-order valence-electron chi connectivity index (χ3n) is 3.75. The second-order valence-corrected chi connectivity index (χ2v) is 5.50. The molecule has 1 aromatic carbocycles. The molecule has 3 rings (SSSR count). The first-order chi connectivity index (χ1) is 9.33. The minimum absolute atomic E-state index is 0.807. The van der Waals surface area contributed by atoms with Gasteiger partial charge in [0.25, 0.3) is 0 Å². The molecule has 0 saturated carbocycles. The molecule has 2 aromatic rings. The van der Waals surface area contributed by atoms with Crippen LogP contribution in [-0.2, 0) is 11.2 Å². The van der Waals surface area contributed by atoms with Gasteiger partial charge in [-0.25, -0.2) is 0 Å². The number of hydrogen-bond acceptors (Lipinski definition) is 2. The van der Waals surface area contributed by atoms with E-state index in [1.807, 2.05) is 12.1 Å². The van der Waals surface area contributed by atoms with Crippen molar-refractivity contribution in [1.29, 1.82) is 0 Å². The van der Waals surface area contributed by atoms with Crippen molar-refractivity contribution in [1.82, 2.24) is 9.88 Å². The van der Waals surface area contributed by atoms with Gasteiger partial charge in [-0.05, 0) is 43.1 Å². The first kappa shape index (κ1) is 13.0. The molecule has 0 atom stereocenters. The number of hydrogen-bond donors (Lipinski definition) is 1. The number of H-pyrrole nitrogens is 1. The molecule has 19 heavy (non-hydrogen) atoms. The average molecular weight is 279 g/mol. The number of rotatable bonds is 4. The Morgan fingerprint density at radius 1 is 1.26 bits per heavy atom. The van der Waals surface area contributed by atoms with Crippen LogP contribution in [0.1, 0.15) is 12.0 Å². The van der Waals surface area contributed by atoms with Crippen LogP contribution in [0.5, 0.6) is 0 Å². The third-order valence-corrected chi connectivity index (χ3v) is 3.99. The summed E-state index contributed by atoms with van der Waals surface area (Å²) in [5.41, 5.74) is 2.54. The molecule has 0 unspecified atom stereocenters. The quantitative estimate of drug-likeness (QED) is 0.931. The van der Waals surface area contributed by atoms with Crippen LogP contribution in [0, 0.1) is 0 Å². The molecule has 0 spiro atoms. The topological polar surface area (TPSA) is 28.3 Å². The Balaban J connectivity index is 1.60. The van der Waals surface area contributed by atoms with Crippen LogP contribution in [0.25, 0.3) is 10.9 Å². The number of halogens is 1. The van der Waals surface area contributed by atoms with Crippen LogP contribution in [0.3, 0.4) is 0 Å². The van der Waals surface area contributed by atoms with E-state index >= 15 is 0 Å². The van der Waals surface area contributed by atoms with Gasteiger partial charge in [-0.2, -0.15) is 0 Å². The normalized spacial score (nSPS) is 17.1. The highest BCUT2D eigenvalue weighted by molar-refractivity contribution is 6.31. The molecule has 1 aliphatic heterocycles. The van der Waals surface area contributed by atoms with Gasteiger partial charge in [-0.3, -0.25) is 4.90 Å². The van der Waals surface area contributed by atoms with Crippen molar-refractivity contribution < 1.29 is 4.74 Å². The second kappa shape index (κ2) is 5.95. The molecule has 1 aliphatic rings. The van der Waals surface area contributed by atoms with Crippen molar-refractivity contribution in [2.45, 2.75) is 12.8 Å². The molecule has 1 saturated heterocycles. The maximum Gasteiger partial charge on any atom is 0.0594 e. The van der Waals surface area contributed by atoms with Crippen molar-refractivity contribution in [3.63, 3.8) is 0 Å². The van der Waals surface area contributed by atoms with Gasteiger partial charge < -0.3 is 9.72 Å². The number of aromatic amines is 1. The lowest BCUT2D eigenvalue weighted by Crippen LogP contribution is -2.36. The molecular weight excluding hydrogens is 260 g/mol. The smallest absolute Gasteiger partial charge is 0.0594 e. The summed E-state index contributed by atoms with van der Waals surface area (Å²) in [5, 5.41) is 2.07. The van der Waals surface area contributed by atoms with Crippen LogP contribution in [0.4, 0.5) is 0 Å². The van der Waals surface area contributed by atoms with Crippen molar-refractivity contribution >= 4 is 22.5 Å². The van der Waals surface area contributed by atoms with Crippen LogP contribution in [0.2, 0.25) is 5.02 Å². The number of morpholine rings is 1. The maximum atomic E-state index is 6.07. The largest absolute Gasteiger partial charge is 0.379 e. The average Bonchev–Trinajstić information content (AvgIpc) is 2.83. The second-order valence-electron chi connectivity index (χ2n) is 5.06. The zero-order valence-electron chi connectivity index (χ0n) is 11.0. The summed E-state index contributed by atoms with van der Waals surface area (Å²) in [6.45, 7) is 5.04. The lowest BCUT2D eigenvalue weighted by molar-refractivity contribution is 0.0375. The van der Waals surface area contributed by atoms with E-state index in [-0.39, 0.29) is 0 Å². The van der Waals surface area contributed by atoms with E-state index in [1.54, 1.807) is 0 Å². The summed E-state index contributed by atoms with van der Waals surface area (Å²) in [5.74, 6) is 0. The molecule has 3 nitrogen and oxygen atoms in total. The van der Waals surface area contributed by atoms with Gasteiger partial charge in [0.05, 0.1) is 13.2 Å². The van der Waals surface area contributed by atoms with E-state index in [9.17, 15) is 0 Å². The monoisotopic (exact) mass is 278 g/mol. The summed E-state index contributed by atoms with van der Waals surface area (Å²) >= 11 is 6.07. The van der Waals surface area contributed by atoms with Gasteiger partial charge in [-0.1, -0.05) is 11.6 Å². The minimum atomic E-state index is 0.807. The number of nitrogens with zero attached hydrogens (tertiary/aromatic N) is 1. The number of aryl methyl sites for hydroxylation is 1. The van der Waals surface area contributed by atoms with Crippen LogP contribution < -0.4 is 0 Å². The standard InChI is InChI=1S/C15H19ClN2O/c16-13-3-4-15-14(10-13)12(11-17-15)2-1-5-18-6-8-19-9-7-18/h3-4,10-11,17H,1-2,5-9H2.